The Morgan fingerprint density at radius 1 is 1.44 bits per heavy atom. The second-order valence-electron chi connectivity index (χ2n) is 3.44. The van der Waals surface area contributed by atoms with Gasteiger partial charge < -0.3 is 9.52 Å². The van der Waals surface area contributed by atoms with Crippen LogP contribution in [0.25, 0.3) is 11.0 Å². The van der Waals surface area contributed by atoms with E-state index < -0.39 is 0 Å². The standard InChI is InChI=1S/C13H12O3/c1-2-9-10-5-3-4-6-12(10)16-13(9)11(15)7-8-14/h3-8,14H,2H2,1H3/b8-7+. The molecule has 3 nitrogen and oxygen atoms in total. The third kappa shape index (κ3) is 1.60. The van der Waals surface area contributed by atoms with E-state index in [2.05, 4.69) is 0 Å². The SMILES string of the molecule is CCc1c(C(=O)/C=C/O)oc2ccccc12. The van der Waals surface area contributed by atoms with E-state index >= 15 is 0 Å². The fraction of sp³-hybridized carbons (Fsp3) is 0.154. The van der Waals surface area contributed by atoms with Crippen LogP contribution in [0, 0.1) is 0 Å². The second-order valence-corrected chi connectivity index (χ2v) is 3.44. The van der Waals surface area contributed by atoms with Gasteiger partial charge in [0.1, 0.15) is 5.58 Å². The minimum absolute atomic E-state index is 0.310. The number of hydrogen-bond donors (Lipinski definition) is 1. The molecule has 2 aromatic rings. The molecule has 0 saturated heterocycles. The number of hydrogen-bond acceptors (Lipinski definition) is 3. The van der Waals surface area contributed by atoms with Crippen LogP contribution in [0.5, 0.6) is 0 Å². The molecule has 16 heavy (non-hydrogen) atoms. The highest BCUT2D eigenvalue weighted by molar-refractivity contribution is 6.06. The molecule has 0 radical (unpaired) electrons. The van der Waals surface area contributed by atoms with Gasteiger partial charge in [-0.3, -0.25) is 4.79 Å². The third-order valence-electron chi connectivity index (χ3n) is 2.50. The largest absolute Gasteiger partial charge is 0.515 e. The maximum atomic E-state index is 11.7. The Morgan fingerprint density at radius 2 is 2.19 bits per heavy atom. The summed E-state index contributed by atoms with van der Waals surface area (Å²) in [5.41, 5.74) is 1.59. The molecule has 0 bridgehead atoms. The van der Waals surface area contributed by atoms with E-state index in [1.165, 1.54) is 0 Å². The fourth-order valence-electron chi connectivity index (χ4n) is 1.79. The van der Waals surface area contributed by atoms with Gasteiger partial charge in [-0.1, -0.05) is 25.1 Å². The summed E-state index contributed by atoms with van der Waals surface area (Å²) in [7, 11) is 0. The number of carbonyl (C=O) groups excluding carboxylic acids is 1. The molecule has 2 rings (SSSR count). The lowest BCUT2D eigenvalue weighted by atomic mass is 10.1. The summed E-state index contributed by atoms with van der Waals surface area (Å²) in [6.07, 6.45) is 2.54. The van der Waals surface area contributed by atoms with E-state index in [0.717, 1.165) is 29.7 Å². The Morgan fingerprint density at radius 3 is 2.88 bits per heavy atom. The molecule has 1 aromatic heterocycles. The van der Waals surface area contributed by atoms with Crippen LogP contribution < -0.4 is 0 Å². The Kier molecular flexibility index (Phi) is 2.77. The van der Waals surface area contributed by atoms with Crippen molar-refractivity contribution in [3.63, 3.8) is 0 Å². The van der Waals surface area contributed by atoms with Gasteiger partial charge in [0, 0.05) is 17.0 Å². The van der Waals surface area contributed by atoms with Crippen molar-refractivity contribution >= 4 is 16.8 Å². The van der Waals surface area contributed by atoms with Crippen LogP contribution in [-0.2, 0) is 6.42 Å². The van der Waals surface area contributed by atoms with E-state index in [4.69, 9.17) is 9.52 Å². The molecule has 0 aliphatic carbocycles. The van der Waals surface area contributed by atoms with Gasteiger partial charge in [0.2, 0.25) is 5.78 Å². The average molecular weight is 216 g/mol. The van der Waals surface area contributed by atoms with Crippen LogP contribution in [0.15, 0.2) is 41.0 Å². The monoisotopic (exact) mass is 216 g/mol. The smallest absolute Gasteiger partial charge is 0.224 e. The van der Waals surface area contributed by atoms with Gasteiger partial charge in [-0.2, -0.15) is 0 Å². The number of ketones is 1. The van der Waals surface area contributed by atoms with E-state index in [1.54, 1.807) is 0 Å². The van der Waals surface area contributed by atoms with Crippen molar-refractivity contribution in [3.8, 4) is 0 Å². The van der Waals surface area contributed by atoms with Gasteiger partial charge in [0.25, 0.3) is 0 Å². The number of aliphatic hydroxyl groups is 1. The van der Waals surface area contributed by atoms with Gasteiger partial charge in [0.05, 0.1) is 6.26 Å². The maximum Gasteiger partial charge on any atom is 0.224 e. The van der Waals surface area contributed by atoms with Crippen LogP contribution in [0.4, 0.5) is 0 Å². The van der Waals surface area contributed by atoms with Crippen molar-refractivity contribution in [2.45, 2.75) is 13.3 Å². The van der Waals surface area contributed by atoms with Crippen LogP contribution in [0.2, 0.25) is 0 Å². The Hall–Kier alpha value is -2.03. The predicted molar refractivity (Wildman–Crippen MR) is 61.7 cm³/mol. The normalized spacial score (nSPS) is 11.3. The first-order valence-corrected chi connectivity index (χ1v) is 5.13. The highest BCUT2D eigenvalue weighted by Gasteiger charge is 2.16. The molecular weight excluding hydrogens is 204 g/mol. The number of allylic oxidation sites excluding steroid dienone is 1. The summed E-state index contributed by atoms with van der Waals surface area (Å²) in [6.45, 7) is 1.97. The number of aliphatic hydroxyl groups excluding tert-OH is 1. The Balaban J connectivity index is 2.65. The third-order valence-corrected chi connectivity index (χ3v) is 2.50. The molecule has 1 aromatic carbocycles. The second kappa shape index (κ2) is 4.23. The molecular formula is C13H12O3. The average Bonchev–Trinajstić information content (AvgIpc) is 2.67. The van der Waals surface area contributed by atoms with E-state index in [0.29, 0.717) is 11.3 Å². The van der Waals surface area contributed by atoms with Gasteiger partial charge in [-0.15, -0.1) is 0 Å². The Bertz CT molecular complexity index is 549. The van der Waals surface area contributed by atoms with Gasteiger partial charge in [0.15, 0.2) is 5.76 Å². The molecule has 0 atom stereocenters. The molecule has 0 spiro atoms. The minimum atomic E-state index is -0.310. The lowest BCUT2D eigenvalue weighted by molar-refractivity contribution is 0.102. The van der Waals surface area contributed by atoms with E-state index in [9.17, 15) is 4.79 Å². The quantitative estimate of drug-likeness (QED) is 0.486. The van der Waals surface area contributed by atoms with Gasteiger partial charge in [-0.25, -0.2) is 0 Å². The van der Waals surface area contributed by atoms with Crippen LogP contribution in [0.1, 0.15) is 23.0 Å². The molecule has 1 heterocycles. The predicted octanol–water partition coefficient (Wildman–Crippen LogP) is 3.25. The number of aryl methyl sites for hydroxylation is 1. The fourth-order valence-corrected chi connectivity index (χ4v) is 1.79. The van der Waals surface area contributed by atoms with E-state index in [-0.39, 0.29) is 5.78 Å². The number of benzene rings is 1. The summed E-state index contributed by atoms with van der Waals surface area (Å²) in [4.78, 5) is 11.7. The number of furan rings is 1. The van der Waals surface area contributed by atoms with Crippen LogP contribution in [0.3, 0.4) is 0 Å². The zero-order chi connectivity index (χ0) is 11.5. The highest BCUT2D eigenvalue weighted by Crippen LogP contribution is 2.26. The Labute approximate surface area is 93.0 Å². The zero-order valence-corrected chi connectivity index (χ0v) is 8.93. The molecule has 0 fully saturated rings. The number of para-hydroxylation sites is 1. The van der Waals surface area contributed by atoms with Crippen LogP contribution in [-0.4, -0.2) is 10.9 Å². The summed E-state index contributed by atoms with van der Waals surface area (Å²) in [5.74, 6) is 0.00421. The first-order valence-electron chi connectivity index (χ1n) is 5.13. The van der Waals surface area contributed by atoms with Crippen molar-refractivity contribution in [2.75, 3.05) is 0 Å². The molecule has 0 aliphatic heterocycles. The first kappa shape index (κ1) is 10.5. The summed E-state index contributed by atoms with van der Waals surface area (Å²) >= 11 is 0. The summed E-state index contributed by atoms with van der Waals surface area (Å²) in [6, 6.07) is 7.53. The minimum Gasteiger partial charge on any atom is -0.515 e. The molecule has 0 amide bonds. The first-order chi connectivity index (χ1) is 7.77. The highest BCUT2D eigenvalue weighted by atomic mass is 16.3. The molecule has 0 aliphatic rings. The molecule has 3 heteroatoms. The lowest BCUT2D eigenvalue weighted by Crippen LogP contribution is -1.96. The summed E-state index contributed by atoms with van der Waals surface area (Å²) < 4.78 is 5.49. The summed E-state index contributed by atoms with van der Waals surface area (Å²) in [5, 5.41) is 9.55. The van der Waals surface area contributed by atoms with Crippen molar-refractivity contribution in [3.05, 3.63) is 47.9 Å². The molecule has 1 N–H and O–H groups in total. The van der Waals surface area contributed by atoms with Crippen molar-refractivity contribution in [1.82, 2.24) is 0 Å². The van der Waals surface area contributed by atoms with Crippen molar-refractivity contribution < 1.29 is 14.3 Å². The van der Waals surface area contributed by atoms with Crippen molar-refractivity contribution in [1.29, 1.82) is 0 Å². The lowest BCUT2D eigenvalue weighted by Gasteiger charge is -1.94. The maximum absolute atomic E-state index is 11.7. The molecule has 82 valence electrons. The molecule has 0 saturated carbocycles. The molecule has 0 unspecified atom stereocenters. The van der Waals surface area contributed by atoms with Gasteiger partial charge >= 0.3 is 0 Å². The number of fused-ring (bicyclic) bond motifs is 1. The van der Waals surface area contributed by atoms with E-state index in [1.807, 2.05) is 31.2 Å². The number of carbonyl (C=O) groups is 1. The zero-order valence-electron chi connectivity index (χ0n) is 8.93. The topological polar surface area (TPSA) is 50.4 Å². The van der Waals surface area contributed by atoms with Crippen LogP contribution >= 0.6 is 0 Å². The van der Waals surface area contributed by atoms with Crippen molar-refractivity contribution in [2.24, 2.45) is 0 Å². The number of rotatable bonds is 3. The van der Waals surface area contributed by atoms with Gasteiger partial charge in [-0.05, 0) is 12.5 Å².